The minimum absolute atomic E-state index is 0.389. The van der Waals surface area contributed by atoms with E-state index in [0.29, 0.717) is 0 Å². The van der Waals surface area contributed by atoms with Crippen molar-refractivity contribution in [2.24, 2.45) is 0 Å². The van der Waals surface area contributed by atoms with E-state index in [2.05, 4.69) is 14.0 Å². The zero-order valence-electron chi connectivity index (χ0n) is 14.1. The summed E-state index contributed by atoms with van der Waals surface area (Å²) in [4.78, 5) is 12.2. The molecule has 0 N–H and O–H groups in total. The number of benzene rings is 2. The summed E-state index contributed by atoms with van der Waals surface area (Å²) in [5, 5.41) is -0.405. The molecule has 0 unspecified atom stereocenters. The minimum Gasteiger partial charge on any atom is -0.480 e. The van der Waals surface area contributed by atoms with Gasteiger partial charge in [-0.1, -0.05) is 36.8 Å². The lowest BCUT2D eigenvalue weighted by Gasteiger charge is -2.18. The molecule has 2 aromatic carbocycles. The highest BCUT2D eigenvalue weighted by molar-refractivity contribution is 14.2. The second-order valence-corrected chi connectivity index (χ2v) is 7.62. The van der Waals surface area contributed by atoms with Crippen LogP contribution in [0.1, 0.15) is 17.3 Å². The van der Waals surface area contributed by atoms with E-state index in [1.165, 1.54) is 0 Å². The lowest BCUT2D eigenvalue weighted by molar-refractivity contribution is -0.189. The largest absolute Gasteiger partial charge is 0.480 e. The van der Waals surface area contributed by atoms with Gasteiger partial charge < -0.3 is 9.47 Å². The Hall–Kier alpha value is -1.89. The molecule has 0 amide bonds. The Kier molecular flexibility index (Phi) is 7.14. The standard InChI is InChI=1S/C17H9ClF7IO3/c1-6(17(23,24)25)28-9-4-3-7(5-8(9)18)16(27)29-15-13(22)11(20)10(19)12(21)14(15)26-2/h3-6H,2H2,1H3/t6-/m1/s1. The molecule has 0 aliphatic rings. The van der Waals surface area contributed by atoms with Crippen molar-refractivity contribution in [3.05, 3.63) is 55.6 Å². The van der Waals surface area contributed by atoms with Crippen LogP contribution in [0.5, 0.6) is 11.5 Å². The number of esters is 1. The Balaban J connectivity index is 2.34. The number of carbonyl (C=O) groups excluding carboxylic acids is 1. The van der Waals surface area contributed by atoms with Crippen LogP contribution in [0.25, 0.3) is 0 Å². The van der Waals surface area contributed by atoms with Crippen molar-refractivity contribution in [1.82, 2.24) is 0 Å². The third-order valence-electron chi connectivity index (χ3n) is 3.43. The van der Waals surface area contributed by atoms with Crippen molar-refractivity contribution in [3.8, 4) is 11.5 Å². The summed E-state index contributed by atoms with van der Waals surface area (Å²) in [6.45, 7) is 0.738. The molecule has 0 spiro atoms. The fraction of sp³-hybridized carbons (Fsp3) is 0.176. The number of ether oxygens (including phenoxy) is 2. The highest BCUT2D eigenvalue weighted by atomic mass is 127. The van der Waals surface area contributed by atoms with E-state index < -0.39 is 82.3 Å². The Morgan fingerprint density at radius 1 is 1.10 bits per heavy atom. The molecule has 0 heterocycles. The second kappa shape index (κ2) is 8.86. The first kappa shape index (κ1) is 23.4. The minimum atomic E-state index is -4.66. The van der Waals surface area contributed by atoms with Crippen LogP contribution in [-0.2, 0) is 0 Å². The maximum atomic E-state index is 13.9. The van der Waals surface area contributed by atoms with Gasteiger partial charge >= 0.3 is 12.1 Å². The number of hydrogen-bond donors (Lipinski definition) is 0. The van der Waals surface area contributed by atoms with Crippen molar-refractivity contribution >= 4 is 42.8 Å². The fourth-order valence-electron chi connectivity index (χ4n) is 1.93. The summed E-state index contributed by atoms with van der Waals surface area (Å²) in [7, 11) is 0. The Morgan fingerprint density at radius 3 is 2.21 bits per heavy atom. The molecule has 0 bridgehead atoms. The number of halogens is 9. The molecule has 0 aliphatic heterocycles. The van der Waals surface area contributed by atoms with E-state index in [0.717, 1.165) is 25.1 Å². The highest BCUT2D eigenvalue weighted by Crippen LogP contribution is 2.35. The smallest absolute Gasteiger partial charge is 0.425 e. The van der Waals surface area contributed by atoms with Gasteiger partial charge in [-0.25, -0.2) is 18.0 Å². The van der Waals surface area contributed by atoms with Gasteiger partial charge in [0.05, 0.1) is 14.2 Å². The molecule has 158 valence electrons. The Labute approximate surface area is 174 Å². The van der Waals surface area contributed by atoms with Gasteiger partial charge in [0, 0.05) is 0 Å². The molecular weight excluding hydrogens is 548 g/mol. The van der Waals surface area contributed by atoms with Crippen molar-refractivity contribution in [3.63, 3.8) is 0 Å². The van der Waals surface area contributed by atoms with E-state index in [-0.39, 0.29) is 5.56 Å². The summed E-state index contributed by atoms with van der Waals surface area (Å²) in [5.41, 5.74) is -0.389. The number of alkyl halides is 3. The molecule has 0 aliphatic carbocycles. The molecule has 0 saturated heterocycles. The normalized spacial score (nSPS) is 12.6. The van der Waals surface area contributed by atoms with Crippen LogP contribution in [0.4, 0.5) is 30.7 Å². The number of rotatable bonds is 5. The van der Waals surface area contributed by atoms with Gasteiger partial charge in [0.15, 0.2) is 23.5 Å². The first-order valence-electron chi connectivity index (χ1n) is 7.37. The van der Waals surface area contributed by atoms with Crippen molar-refractivity contribution in [1.29, 1.82) is 0 Å². The van der Waals surface area contributed by atoms with Crippen LogP contribution >= 0.6 is 32.3 Å². The van der Waals surface area contributed by atoms with E-state index in [4.69, 9.17) is 11.6 Å². The van der Waals surface area contributed by atoms with Crippen LogP contribution < -0.4 is 9.47 Å². The molecule has 1 atom stereocenters. The van der Waals surface area contributed by atoms with Gasteiger partial charge in [0.25, 0.3) is 0 Å². The zero-order chi connectivity index (χ0) is 22.1. The van der Waals surface area contributed by atoms with Crippen LogP contribution in [0.2, 0.25) is 5.02 Å². The monoisotopic (exact) mass is 556 g/mol. The quantitative estimate of drug-likeness (QED) is 0.113. The molecular formula is C17H9ClF7IO3. The molecule has 0 saturated carbocycles. The summed E-state index contributed by atoms with van der Waals surface area (Å²) in [5.74, 6) is -10.8. The van der Waals surface area contributed by atoms with Gasteiger partial charge in [-0.3, -0.25) is 0 Å². The van der Waals surface area contributed by atoms with E-state index in [9.17, 15) is 35.5 Å². The Bertz CT molecular complexity index is 979. The van der Waals surface area contributed by atoms with Gasteiger partial charge in [-0.2, -0.15) is 17.6 Å². The van der Waals surface area contributed by atoms with Crippen molar-refractivity contribution in [2.45, 2.75) is 19.2 Å². The number of hydrogen-bond acceptors (Lipinski definition) is 3. The maximum Gasteiger partial charge on any atom is 0.425 e. The highest BCUT2D eigenvalue weighted by Gasteiger charge is 2.38. The van der Waals surface area contributed by atoms with E-state index >= 15 is 0 Å². The first-order valence-corrected chi connectivity index (χ1v) is 10.4. The molecule has 29 heavy (non-hydrogen) atoms. The van der Waals surface area contributed by atoms with Crippen molar-refractivity contribution in [2.75, 3.05) is 0 Å². The van der Waals surface area contributed by atoms with Gasteiger partial charge in [0.1, 0.15) is 5.75 Å². The predicted octanol–water partition coefficient (Wildman–Crippen LogP) is 6.02. The van der Waals surface area contributed by atoms with E-state index in [1.807, 2.05) is 0 Å². The van der Waals surface area contributed by atoms with Gasteiger partial charge in [-0.05, 0) is 25.1 Å². The lowest BCUT2D eigenvalue weighted by Crippen LogP contribution is -2.31. The Morgan fingerprint density at radius 2 is 1.69 bits per heavy atom. The molecule has 2 rings (SSSR count). The fourth-order valence-corrected chi connectivity index (χ4v) is 3.42. The average molecular weight is 557 g/mol. The van der Waals surface area contributed by atoms with Crippen LogP contribution in [-0.4, -0.2) is 22.8 Å². The van der Waals surface area contributed by atoms with Gasteiger partial charge in [0.2, 0.25) is 11.6 Å². The molecule has 2 aromatic rings. The molecule has 12 heteroatoms. The van der Waals surface area contributed by atoms with Crippen LogP contribution in [0.3, 0.4) is 0 Å². The third-order valence-corrected chi connectivity index (χ3v) is 5.45. The average Bonchev–Trinajstić information content (AvgIpc) is 2.65. The second-order valence-electron chi connectivity index (χ2n) is 5.37. The summed E-state index contributed by atoms with van der Waals surface area (Å²) < 4.78 is 104. The van der Waals surface area contributed by atoms with Crippen molar-refractivity contribution < 1.29 is 45.0 Å². The predicted molar refractivity (Wildman–Crippen MR) is 98.7 cm³/mol. The van der Waals surface area contributed by atoms with Crippen LogP contribution in [0, 0.1) is 26.8 Å². The molecule has 3 nitrogen and oxygen atoms in total. The molecule has 0 fully saturated rings. The first-order chi connectivity index (χ1) is 13.4. The van der Waals surface area contributed by atoms with Crippen LogP contribution in [0.15, 0.2) is 18.2 Å². The third kappa shape index (κ3) is 5.00. The lowest BCUT2D eigenvalue weighted by atomic mass is 10.2. The number of carbonyl (C=O) groups is 1. The summed E-state index contributed by atoms with van der Waals surface area (Å²) >= 11 is 4.17. The zero-order valence-corrected chi connectivity index (χ0v) is 17.1. The molecule has 0 aromatic heterocycles. The maximum absolute atomic E-state index is 13.9. The summed E-state index contributed by atoms with van der Waals surface area (Å²) in [6.07, 6.45) is -6.86. The summed E-state index contributed by atoms with van der Waals surface area (Å²) in [6, 6.07) is 2.73. The topological polar surface area (TPSA) is 35.5 Å². The molecule has 0 radical (unpaired) electrons. The van der Waals surface area contributed by atoms with Gasteiger partial charge in [-0.15, -0.1) is 0 Å². The SMILES string of the molecule is C=Ic1c(F)c(F)c(F)c(F)c1OC(=O)c1ccc(O[C@H](C)C(F)(F)F)c(Cl)c1. The van der Waals surface area contributed by atoms with E-state index in [1.54, 1.807) is 0 Å².